The molecule has 112 valence electrons. The number of halogens is 3. The van der Waals surface area contributed by atoms with E-state index in [4.69, 9.17) is 40.5 Å². The van der Waals surface area contributed by atoms with Crippen molar-refractivity contribution in [3.8, 4) is 21.7 Å². The van der Waals surface area contributed by atoms with Crippen molar-refractivity contribution in [1.82, 2.24) is 4.98 Å². The second-order valence-electron chi connectivity index (χ2n) is 4.62. The highest BCUT2D eigenvalue weighted by Crippen LogP contribution is 2.40. The second-order valence-corrected chi connectivity index (χ2v) is 6.98. The second kappa shape index (κ2) is 6.57. The summed E-state index contributed by atoms with van der Waals surface area (Å²) in [4.78, 5) is 5.60. The van der Waals surface area contributed by atoms with E-state index < -0.39 is 0 Å². The third-order valence-corrected chi connectivity index (χ3v) is 5.05. The van der Waals surface area contributed by atoms with E-state index in [9.17, 15) is 0 Å². The number of rotatable bonds is 3. The van der Waals surface area contributed by atoms with E-state index >= 15 is 0 Å². The molecule has 2 aromatic carbocycles. The topological polar surface area (TPSA) is 38.9 Å². The molecule has 0 spiro atoms. The number of nitrogens with two attached hydrogens (primary N) is 1. The molecule has 0 saturated heterocycles. The van der Waals surface area contributed by atoms with Gasteiger partial charge in [-0.3, -0.25) is 0 Å². The molecule has 0 aliphatic carbocycles. The molecule has 2 N–H and O–H groups in total. The highest BCUT2D eigenvalue weighted by molar-refractivity contribution is 7.15. The van der Waals surface area contributed by atoms with Gasteiger partial charge in [-0.05, 0) is 24.3 Å². The standard InChI is InChI=1S/C16H11Cl3N2S/c17-10-3-1-9(2-4-10)15-16(22-14(8-20)21-15)12-6-5-11(18)7-13(12)19/h1-7H,8,20H2. The van der Waals surface area contributed by atoms with Gasteiger partial charge in [0.2, 0.25) is 0 Å². The van der Waals surface area contributed by atoms with Gasteiger partial charge >= 0.3 is 0 Å². The van der Waals surface area contributed by atoms with Gasteiger partial charge in [-0.2, -0.15) is 0 Å². The van der Waals surface area contributed by atoms with Crippen molar-refractivity contribution < 1.29 is 0 Å². The molecule has 22 heavy (non-hydrogen) atoms. The Balaban J connectivity index is 2.18. The number of nitrogens with zero attached hydrogens (tertiary/aromatic N) is 1. The van der Waals surface area contributed by atoms with Crippen LogP contribution in [0.15, 0.2) is 42.5 Å². The van der Waals surface area contributed by atoms with Crippen LogP contribution in [0.5, 0.6) is 0 Å². The van der Waals surface area contributed by atoms with E-state index in [1.807, 2.05) is 36.4 Å². The summed E-state index contributed by atoms with van der Waals surface area (Å²) >= 11 is 19.8. The molecule has 0 aliphatic rings. The SMILES string of the molecule is NCc1nc(-c2ccc(Cl)cc2)c(-c2ccc(Cl)cc2Cl)s1. The molecule has 6 heteroatoms. The van der Waals surface area contributed by atoms with Crippen LogP contribution >= 0.6 is 46.1 Å². The lowest BCUT2D eigenvalue weighted by Gasteiger charge is -2.05. The van der Waals surface area contributed by atoms with Crippen LogP contribution in [0.4, 0.5) is 0 Å². The maximum absolute atomic E-state index is 6.34. The fourth-order valence-electron chi connectivity index (χ4n) is 2.11. The number of hydrogen-bond donors (Lipinski definition) is 1. The summed E-state index contributed by atoms with van der Waals surface area (Å²) in [6.45, 7) is 0.385. The van der Waals surface area contributed by atoms with Gasteiger partial charge in [0, 0.05) is 27.7 Å². The molecule has 0 unspecified atom stereocenters. The molecular weight excluding hydrogens is 359 g/mol. The van der Waals surface area contributed by atoms with Crippen LogP contribution in [0.25, 0.3) is 21.7 Å². The van der Waals surface area contributed by atoms with Crippen molar-refractivity contribution in [2.45, 2.75) is 6.54 Å². The Labute approximate surface area is 147 Å². The van der Waals surface area contributed by atoms with Crippen LogP contribution in [0, 0.1) is 0 Å². The predicted molar refractivity (Wildman–Crippen MR) is 95.9 cm³/mol. The zero-order valence-electron chi connectivity index (χ0n) is 11.3. The Morgan fingerprint density at radius 2 is 1.64 bits per heavy atom. The average molecular weight is 370 g/mol. The van der Waals surface area contributed by atoms with Crippen LogP contribution in [0.1, 0.15) is 5.01 Å². The highest BCUT2D eigenvalue weighted by Gasteiger charge is 2.16. The molecule has 0 amide bonds. The van der Waals surface area contributed by atoms with Gasteiger partial charge in [0.25, 0.3) is 0 Å². The van der Waals surface area contributed by atoms with E-state index in [1.54, 1.807) is 6.07 Å². The van der Waals surface area contributed by atoms with E-state index in [1.165, 1.54) is 11.3 Å². The van der Waals surface area contributed by atoms with Crippen molar-refractivity contribution >= 4 is 46.1 Å². The van der Waals surface area contributed by atoms with Gasteiger partial charge in [-0.15, -0.1) is 11.3 Å². The lowest BCUT2D eigenvalue weighted by molar-refractivity contribution is 1.04. The Morgan fingerprint density at radius 3 is 2.27 bits per heavy atom. The first-order valence-electron chi connectivity index (χ1n) is 6.49. The predicted octanol–water partition coefficient (Wildman–Crippen LogP) is 5.90. The number of thiazole rings is 1. The summed E-state index contributed by atoms with van der Waals surface area (Å²) in [6, 6.07) is 13.0. The minimum atomic E-state index is 0.385. The maximum atomic E-state index is 6.34. The Kier molecular flexibility index (Phi) is 4.71. The maximum Gasteiger partial charge on any atom is 0.107 e. The van der Waals surface area contributed by atoms with Crippen molar-refractivity contribution in [3.63, 3.8) is 0 Å². The largest absolute Gasteiger partial charge is 0.325 e. The van der Waals surface area contributed by atoms with Gasteiger partial charge < -0.3 is 5.73 Å². The lowest BCUT2D eigenvalue weighted by atomic mass is 10.1. The molecular formula is C16H11Cl3N2S. The summed E-state index contributed by atoms with van der Waals surface area (Å²) in [5, 5.41) is 2.73. The molecule has 0 saturated carbocycles. The van der Waals surface area contributed by atoms with Crippen molar-refractivity contribution in [2.24, 2.45) is 5.73 Å². The first kappa shape index (κ1) is 15.8. The molecule has 1 heterocycles. The number of hydrogen-bond acceptors (Lipinski definition) is 3. The van der Waals surface area contributed by atoms with Gasteiger partial charge in [-0.1, -0.05) is 53.0 Å². The first-order chi connectivity index (χ1) is 10.6. The van der Waals surface area contributed by atoms with Gasteiger partial charge in [-0.25, -0.2) is 4.98 Å². The van der Waals surface area contributed by atoms with E-state index in [2.05, 4.69) is 4.98 Å². The quantitative estimate of drug-likeness (QED) is 0.624. The molecule has 0 aliphatic heterocycles. The molecule has 3 rings (SSSR count). The Morgan fingerprint density at radius 1 is 0.955 bits per heavy atom. The summed E-state index contributed by atoms with van der Waals surface area (Å²) in [7, 11) is 0. The molecule has 0 bridgehead atoms. The fraction of sp³-hybridized carbons (Fsp3) is 0.0625. The summed E-state index contributed by atoms with van der Waals surface area (Å²) in [5.74, 6) is 0. The lowest BCUT2D eigenvalue weighted by Crippen LogP contribution is -1.94. The Hall–Kier alpha value is -1.10. The van der Waals surface area contributed by atoms with Gasteiger partial charge in [0.15, 0.2) is 0 Å². The van der Waals surface area contributed by atoms with Crippen LogP contribution in [-0.4, -0.2) is 4.98 Å². The van der Waals surface area contributed by atoms with Gasteiger partial charge in [0.05, 0.1) is 15.6 Å². The van der Waals surface area contributed by atoms with Crippen LogP contribution < -0.4 is 5.73 Å². The summed E-state index contributed by atoms with van der Waals surface area (Å²) < 4.78 is 0. The molecule has 2 nitrogen and oxygen atoms in total. The zero-order valence-corrected chi connectivity index (χ0v) is 14.4. The molecule has 0 atom stereocenters. The first-order valence-corrected chi connectivity index (χ1v) is 8.44. The third kappa shape index (κ3) is 3.14. The van der Waals surface area contributed by atoms with Crippen LogP contribution in [0.2, 0.25) is 15.1 Å². The van der Waals surface area contributed by atoms with Crippen molar-refractivity contribution in [2.75, 3.05) is 0 Å². The minimum absolute atomic E-state index is 0.385. The molecule has 0 radical (unpaired) electrons. The molecule has 3 aromatic rings. The van der Waals surface area contributed by atoms with E-state index in [-0.39, 0.29) is 0 Å². The summed E-state index contributed by atoms with van der Waals surface area (Å²) in [6.07, 6.45) is 0. The number of benzene rings is 2. The number of aromatic nitrogens is 1. The van der Waals surface area contributed by atoms with Crippen LogP contribution in [-0.2, 0) is 6.54 Å². The average Bonchev–Trinajstić information content (AvgIpc) is 2.92. The van der Waals surface area contributed by atoms with E-state index in [0.717, 1.165) is 26.7 Å². The molecule has 1 aromatic heterocycles. The fourth-order valence-corrected chi connectivity index (χ4v) is 3.80. The normalized spacial score (nSPS) is 10.9. The third-order valence-electron chi connectivity index (χ3n) is 3.14. The highest BCUT2D eigenvalue weighted by atomic mass is 35.5. The Bertz CT molecular complexity index is 813. The monoisotopic (exact) mass is 368 g/mol. The van der Waals surface area contributed by atoms with Crippen LogP contribution in [0.3, 0.4) is 0 Å². The van der Waals surface area contributed by atoms with Gasteiger partial charge in [0.1, 0.15) is 5.01 Å². The van der Waals surface area contributed by atoms with E-state index in [0.29, 0.717) is 21.6 Å². The summed E-state index contributed by atoms with van der Waals surface area (Å²) in [5.41, 5.74) is 8.47. The van der Waals surface area contributed by atoms with Crippen molar-refractivity contribution in [1.29, 1.82) is 0 Å². The zero-order chi connectivity index (χ0) is 15.7. The minimum Gasteiger partial charge on any atom is -0.325 e. The molecule has 0 fully saturated rings. The smallest absolute Gasteiger partial charge is 0.107 e. The van der Waals surface area contributed by atoms with Crippen molar-refractivity contribution in [3.05, 3.63) is 62.5 Å².